The van der Waals surface area contributed by atoms with Crippen LogP contribution in [0.3, 0.4) is 0 Å². The average molecular weight is 611 g/mol. The van der Waals surface area contributed by atoms with E-state index < -0.39 is 56.9 Å². The molecule has 0 radical (unpaired) electrons. The van der Waals surface area contributed by atoms with Crippen LogP contribution in [0, 0.1) is 5.92 Å². The van der Waals surface area contributed by atoms with Crippen molar-refractivity contribution in [3.8, 4) is 17.2 Å². The molecule has 0 aromatic heterocycles. The zero-order chi connectivity index (χ0) is 32.6. The Morgan fingerprint density at radius 2 is 1.84 bits per heavy atom. The molecule has 1 aromatic rings. The predicted octanol–water partition coefficient (Wildman–Crippen LogP) is 4.35. The average Bonchev–Trinajstić information content (AvgIpc) is 3.24. The Hall–Kier alpha value is -3.21. The lowest BCUT2D eigenvalue weighted by Gasteiger charge is -2.59. The molecule has 1 aromatic carbocycles. The van der Waals surface area contributed by atoms with Gasteiger partial charge in [0.25, 0.3) is 0 Å². The van der Waals surface area contributed by atoms with E-state index in [0.717, 1.165) is 0 Å². The summed E-state index contributed by atoms with van der Waals surface area (Å²) in [4.78, 5) is 41.3. The molecule has 3 aliphatic carbocycles. The summed E-state index contributed by atoms with van der Waals surface area (Å²) in [7, 11) is 1.41. The third-order valence-electron chi connectivity index (χ3n) is 11.0. The summed E-state index contributed by atoms with van der Waals surface area (Å²) < 4.78 is 26.1. The Morgan fingerprint density at radius 3 is 2.43 bits per heavy atom. The molecule has 3 aliphatic heterocycles. The van der Waals surface area contributed by atoms with E-state index in [4.69, 9.17) is 18.9 Å². The molecule has 44 heavy (non-hydrogen) atoms. The van der Waals surface area contributed by atoms with Gasteiger partial charge in [0.05, 0.1) is 11.2 Å². The topological polar surface area (TPSA) is 149 Å². The highest BCUT2D eigenvalue weighted by Gasteiger charge is 2.84. The Balaban J connectivity index is 1.67. The molecule has 10 nitrogen and oxygen atoms in total. The fourth-order valence-corrected chi connectivity index (χ4v) is 8.19. The van der Waals surface area contributed by atoms with E-state index in [0.29, 0.717) is 23.3 Å². The Bertz CT molecular complexity index is 1590. The number of Topliss-reactive ketones (excluding diaryl/α,β-unsaturated/α-hetero) is 2. The Kier molecular flexibility index (Phi) is 6.26. The molecule has 1 saturated heterocycles. The number of carbonyl (C=O) groups excluding carboxylic acids is 2. The van der Waals surface area contributed by atoms with Crippen LogP contribution in [0.4, 0.5) is 0 Å². The van der Waals surface area contributed by atoms with E-state index in [2.05, 4.69) is 0 Å². The highest BCUT2D eigenvalue weighted by Crippen LogP contribution is 2.70. The van der Waals surface area contributed by atoms with Crippen molar-refractivity contribution in [1.82, 2.24) is 0 Å². The number of carboxylic acids is 1. The maximum Gasteiger partial charge on any atom is 0.330 e. The quantitative estimate of drug-likeness (QED) is 0.381. The minimum Gasteiger partial charge on any atom is -0.507 e. The van der Waals surface area contributed by atoms with Gasteiger partial charge in [-0.3, -0.25) is 9.59 Å². The number of benzene rings is 1. The number of ether oxygens (including phenoxy) is 4. The number of phenols is 1. The van der Waals surface area contributed by atoms with Gasteiger partial charge in [0, 0.05) is 47.1 Å². The molecule has 1 saturated carbocycles. The largest absolute Gasteiger partial charge is 0.507 e. The molecule has 10 heteroatoms. The van der Waals surface area contributed by atoms with Crippen LogP contribution in [0.15, 0.2) is 23.3 Å². The van der Waals surface area contributed by atoms with Crippen molar-refractivity contribution in [2.75, 3.05) is 7.11 Å². The molecule has 6 aliphatic rings. The van der Waals surface area contributed by atoms with Crippen LogP contribution in [-0.4, -0.2) is 74.1 Å². The number of hydrogen-bond donors (Lipinski definition) is 3. The lowest BCUT2D eigenvalue weighted by atomic mass is 9.49. The van der Waals surface area contributed by atoms with Gasteiger partial charge in [-0.25, -0.2) is 4.79 Å². The summed E-state index contributed by atoms with van der Waals surface area (Å²) in [5.41, 5.74) is -6.42. The summed E-state index contributed by atoms with van der Waals surface area (Å²) >= 11 is 0. The van der Waals surface area contributed by atoms with Crippen molar-refractivity contribution in [3.63, 3.8) is 0 Å². The van der Waals surface area contributed by atoms with Gasteiger partial charge in [0.2, 0.25) is 5.78 Å². The first-order valence-electron chi connectivity index (χ1n) is 15.2. The molecular formula is C34H42O10. The van der Waals surface area contributed by atoms with E-state index in [1.807, 2.05) is 34.6 Å². The standard InChI is InChI=1S/C34H42O10/c1-16(27(37)38)10-13-33-28(39)32(41-9)14-19-24(36)21-23(35)18(11-12-29(3,4)40)25-22(30(5,6)17(2)42-25)26(21)43-34(19,33)20(15-32)31(7,8)44-33/h10,14,17,20,35,40H,11-13,15H2,1-9H3,(H,37,38)/t17-,20+,32+,33+,34-/m0/s1. The van der Waals surface area contributed by atoms with E-state index >= 15 is 0 Å². The molecule has 7 rings (SSSR count). The molecule has 0 amide bonds. The fourth-order valence-electron chi connectivity index (χ4n) is 8.19. The van der Waals surface area contributed by atoms with Crippen molar-refractivity contribution in [2.24, 2.45) is 5.92 Å². The number of aromatic hydroxyl groups is 1. The van der Waals surface area contributed by atoms with Gasteiger partial charge in [-0.05, 0) is 66.9 Å². The first kappa shape index (κ1) is 30.8. The summed E-state index contributed by atoms with van der Waals surface area (Å²) in [5.74, 6) is -2.35. The molecular weight excluding hydrogens is 568 g/mol. The fraction of sp³-hybridized carbons (Fsp3) is 0.618. The number of carboxylic acid groups (broad SMARTS) is 1. The monoisotopic (exact) mass is 610 g/mol. The number of carbonyl (C=O) groups is 3. The van der Waals surface area contributed by atoms with Crippen molar-refractivity contribution in [1.29, 1.82) is 0 Å². The van der Waals surface area contributed by atoms with Crippen molar-refractivity contribution in [2.45, 2.75) is 121 Å². The van der Waals surface area contributed by atoms with Crippen LogP contribution in [0.5, 0.6) is 17.2 Å². The maximum atomic E-state index is 14.9. The number of hydrogen-bond acceptors (Lipinski definition) is 9. The molecule has 238 valence electrons. The molecule has 1 spiro atoms. The molecule has 2 fully saturated rings. The molecule has 0 unspecified atom stereocenters. The van der Waals surface area contributed by atoms with Gasteiger partial charge in [-0.15, -0.1) is 0 Å². The predicted molar refractivity (Wildman–Crippen MR) is 158 cm³/mol. The number of methoxy groups -OCH3 is 1. The normalized spacial score (nSPS) is 34.1. The first-order valence-corrected chi connectivity index (χ1v) is 15.2. The van der Waals surface area contributed by atoms with Gasteiger partial charge in [-0.1, -0.05) is 19.9 Å². The van der Waals surface area contributed by atoms with Gasteiger partial charge in [0.15, 0.2) is 17.0 Å². The van der Waals surface area contributed by atoms with Crippen molar-refractivity contribution in [3.05, 3.63) is 40.0 Å². The summed E-state index contributed by atoms with van der Waals surface area (Å²) in [6.45, 7) is 14.3. The van der Waals surface area contributed by atoms with E-state index in [-0.39, 0.29) is 53.6 Å². The molecule has 3 N–H and O–H groups in total. The summed E-state index contributed by atoms with van der Waals surface area (Å²) in [6.07, 6.45) is 3.19. The zero-order valence-electron chi connectivity index (χ0n) is 26.8. The number of fused-ring (bicyclic) bond motifs is 3. The number of aliphatic carboxylic acids is 1. The molecule has 5 atom stereocenters. The van der Waals surface area contributed by atoms with Crippen molar-refractivity contribution >= 4 is 17.5 Å². The van der Waals surface area contributed by atoms with Crippen LogP contribution in [-0.2, 0) is 30.9 Å². The minimum absolute atomic E-state index is 0.0204. The Morgan fingerprint density at radius 1 is 1.18 bits per heavy atom. The smallest absolute Gasteiger partial charge is 0.330 e. The third kappa shape index (κ3) is 3.61. The second-order valence-corrected chi connectivity index (χ2v) is 14.9. The zero-order valence-corrected chi connectivity index (χ0v) is 26.8. The van der Waals surface area contributed by atoms with Crippen LogP contribution >= 0.6 is 0 Å². The number of phenolic OH excluding ortho intramolecular Hbond substituents is 1. The van der Waals surface area contributed by atoms with Crippen LogP contribution in [0.2, 0.25) is 0 Å². The van der Waals surface area contributed by atoms with Gasteiger partial charge in [0.1, 0.15) is 34.5 Å². The summed E-state index contributed by atoms with van der Waals surface area (Å²) in [5, 5.41) is 32.0. The number of ketones is 2. The second-order valence-electron chi connectivity index (χ2n) is 14.9. The molecule has 4 bridgehead atoms. The van der Waals surface area contributed by atoms with Gasteiger partial charge < -0.3 is 34.3 Å². The van der Waals surface area contributed by atoms with Crippen LogP contribution < -0.4 is 9.47 Å². The third-order valence-corrected chi connectivity index (χ3v) is 11.0. The van der Waals surface area contributed by atoms with E-state index in [1.54, 1.807) is 13.8 Å². The number of rotatable bonds is 7. The van der Waals surface area contributed by atoms with Gasteiger partial charge in [-0.2, -0.15) is 0 Å². The van der Waals surface area contributed by atoms with E-state index in [1.165, 1.54) is 26.2 Å². The second kappa shape index (κ2) is 8.95. The SMILES string of the molecule is CO[C@]12C=C3C(=O)c4c(O)c(CCC(C)(C)O)c5c(c4O[C@]34[C@H](C1)C(C)(C)O[C@]4(CC=C(C)C(=O)O)C2=O)C(C)(C)[C@H](C)O5. The van der Waals surface area contributed by atoms with E-state index in [9.17, 15) is 29.7 Å². The lowest BCUT2D eigenvalue weighted by molar-refractivity contribution is -0.190. The minimum atomic E-state index is -1.79. The number of aliphatic hydroxyl groups is 1. The Labute approximate surface area is 257 Å². The summed E-state index contributed by atoms with van der Waals surface area (Å²) in [6, 6.07) is 0. The lowest BCUT2D eigenvalue weighted by Crippen LogP contribution is -2.77. The maximum absolute atomic E-state index is 14.9. The highest BCUT2D eigenvalue weighted by molar-refractivity contribution is 6.20. The van der Waals surface area contributed by atoms with Crippen LogP contribution in [0.1, 0.15) is 96.1 Å². The van der Waals surface area contributed by atoms with Crippen molar-refractivity contribution < 1.29 is 48.7 Å². The highest BCUT2D eigenvalue weighted by atomic mass is 16.6. The van der Waals surface area contributed by atoms with Crippen LogP contribution in [0.25, 0.3) is 0 Å². The first-order chi connectivity index (χ1) is 20.2. The molecule has 3 heterocycles. The van der Waals surface area contributed by atoms with Gasteiger partial charge >= 0.3 is 5.97 Å².